The van der Waals surface area contributed by atoms with Gasteiger partial charge in [-0.3, -0.25) is 0 Å². The molecule has 0 spiro atoms. The Morgan fingerprint density at radius 1 is 0.900 bits per heavy atom. The zero-order valence-electron chi connectivity index (χ0n) is 12.6. The molecule has 0 radical (unpaired) electrons. The van der Waals surface area contributed by atoms with E-state index in [9.17, 15) is 0 Å². The van der Waals surface area contributed by atoms with Gasteiger partial charge in [0.1, 0.15) is 5.75 Å². The van der Waals surface area contributed by atoms with E-state index in [0.717, 1.165) is 11.4 Å². The van der Waals surface area contributed by atoms with Crippen LogP contribution >= 0.6 is 0 Å². The third-order valence-corrected chi connectivity index (χ3v) is 2.86. The summed E-state index contributed by atoms with van der Waals surface area (Å²) in [6.07, 6.45) is 0. The summed E-state index contributed by atoms with van der Waals surface area (Å²) in [7, 11) is 0. The van der Waals surface area contributed by atoms with E-state index in [1.165, 1.54) is 5.56 Å². The van der Waals surface area contributed by atoms with Crippen molar-refractivity contribution in [3.05, 3.63) is 60.2 Å². The monoisotopic (exact) mass is 267 g/mol. The molecule has 20 heavy (non-hydrogen) atoms. The van der Waals surface area contributed by atoms with Gasteiger partial charge in [0, 0.05) is 5.41 Å². The fourth-order valence-electron chi connectivity index (χ4n) is 1.68. The van der Waals surface area contributed by atoms with Crippen LogP contribution in [-0.4, -0.2) is 5.90 Å². The van der Waals surface area contributed by atoms with Crippen molar-refractivity contribution in [2.45, 2.75) is 27.7 Å². The van der Waals surface area contributed by atoms with E-state index in [1.807, 2.05) is 42.5 Å². The predicted molar refractivity (Wildman–Crippen MR) is 84.8 cm³/mol. The molecular weight excluding hydrogens is 246 g/mol. The number of aryl methyl sites for hydroxylation is 1. The smallest absolute Gasteiger partial charge is 0.200 e. The maximum atomic E-state index is 5.96. The first-order valence-electron chi connectivity index (χ1n) is 6.84. The fourth-order valence-corrected chi connectivity index (χ4v) is 1.68. The molecule has 0 aliphatic carbocycles. The van der Waals surface area contributed by atoms with Crippen LogP contribution in [0.1, 0.15) is 26.3 Å². The van der Waals surface area contributed by atoms with Gasteiger partial charge < -0.3 is 4.74 Å². The van der Waals surface area contributed by atoms with Crippen LogP contribution in [0.3, 0.4) is 0 Å². The normalized spacial score (nSPS) is 12.3. The summed E-state index contributed by atoms with van der Waals surface area (Å²) in [4.78, 5) is 4.66. The molecule has 0 fully saturated rings. The number of nitrogens with zero attached hydrogens (tertiary/aromatic N) is 1. The van der Waals surface area contributed by atoms with Gasteiger partial charge in [0.2, 0.25) is 5.90 Å². The number of aliphatic imine (C=N–C) groups is 1. The molecule has 0 aromatic heterocycles. The molecule has 104 valence electrons. The summed E-state index contributed by atoms with van der Waals surface area (Å²) in [5, 5.41) is 0. The first-order valence-corrected chi connectivity index (χ1v) is 6.84. The first kappa shape index (κ1) is 14.3. The van der Waals surface area contributed by atoms with Crippen molar-refractivity contribution < 1.29 is 4.74 Å². The van der Waals surface area contributed by atoms with Crippen LogP contribution in [-0.2, 0) is 0 Å². The van der Waals surface area contributed by atoms with E-state index < -0.39 is 0 Å². The Balaban J connectivity index is 2.31. The van der Waals surface area contributed by atoms with Crippen LogP contribution in [0.2, 0.25) is 0 Å². The maximum Gasteiger partial charge on any atom is 0.200 e. The van der Waals surface area contributed by atoms with Crippen molar-refractivity contribution in [3.63, 3.8) is 0 Å². The molecule has 0 N–H and O–H groups in total. The van der Waals surface area contributed by atoms with E-state index in [0.29, 0.717) is 5.90 Å². The number of hydrogen-bond acceptors (Lipinski definition) is 2. The minimum atomic E-state index is -0.152. The molecule has 2 aromatic carbocycles. The molecule has 2 heteroatoms. The molecule has 0 saturated carbocycles. The maximum absolute atomic E-state index is 5.96. The number of hydrogen-bond donors (Lipinski definition) is 0. The number of benzene rings is 2. The lowest BCUT2D eigenvalue weighted by atomic mass is 9.96. The second kappa shape index (κ2) is 5.91. The Labute approximate surface area is 121 Å². The Morgan fingerprint density at radius 2 is 1.50 bits per heavy atom. The third kappa shape index (κ3) is 3.95. The highest BCUT2D eigenvalue weighted by molar-refractivity contribution is 5.86. The average molecular weight is 267 g/mol. The molecule has 0 amide bonds. The lowest BCUT2D eigenvalue weighted by Gasteiger charge is -2.21. The second-order valence-electron chi connectivity index (χ2n) is 5.92. The van der Waals surface area contributed by atoms with Crippen LogP contribution < -0.4 is 4.74 Å². The molecule has 0 heterocycles. The summed E-state index contributed by atoms with van der Waals surface area (Å²) in [6.45, 7) is 8.37. The number of rotatable bonds is 2. The molecule has 0 unspecified atom stereocenters. The van der Waals surface area contributed by atoms with Crippen LogP contribution in [0, 0.1) is 12.3 Å². The first-order chi connectivity index (χ1) is 9.45. The molecule has 2 nitrogen and oxygen atoms in total. The summed E-state index contributed by atoms with van der Waals surface area (Å²) >= 11 is 0. The Morgan fingerprint density at radius 3 is 2.05 bits per heavy atom. The second-order valence-corrected chi connectivity index (χ2v) is 5.92. The van der Waals surface area contributed by atoms with E-state index in [1.54, 1.807) is 0 Å². The fraction of sp³-hybridized carbons (Fsp3) is 0.278. The van der Waals surface area contributed by atoms with Crippen molar-refractivity contribution in [1.82, 2.24) is 0 Å². The van der Waals surface area contributed by atoms with Crippen LogP contribution in [0.5, 0.6) is 5.75 Å². The minimum absolute atomic E-state index is 0.152. The van der Waals surface area contributed by atoms with E-state index in [4.69, 9.17) is 4.74 Å². The van der Waals surface area contributed by atoms with Gasteiger partial charge >= 0.3 is 0 Å². The summed E-state index contributed by atoms with van der Waals surface area (Å²) in [6, 6.07) is 17.9. The van der Waals surface area contributed by atoms with Gasteiger partial charge in [0.25, 0.3) is 0 Å². The topological polar surface area (TPSA) is 21.6 Å². The SMILES string of the molecule is Cc1ccc(N=C(Oc2ccccc2)C(C)(C)C)cc1. The van der Waals surface area contributed by atoms with Gasteiger partial charge in [-0.05, 0) is 31.2 Å². The summed E-state index contributed by atoms with van der Waals surface area (Å²) in [5.41, 5.74) is 1.99. The lowest BCUT2D eigenvalue weighted by molar-refractivity contribution is 0.434. The molecule has 0 saturated heterocycles. The Hall–Kier alpha value is -2.09. The number of ether oxygens (including phenoxy) is 1. The minimum Gasteiger partial charge on any atom is -0.442 e. The van der Waals surface area contributed by atoms with Gasteiger partial charge in [0.05, 0.1) is 5.69 Å². The Kier molecular flexibility index (Phi) is 4.23. The van der Waals surface area contributed by atoms with Crippen molar-refractivity contribution in [3.8, 4) is 5.75 Å². The van der Waals surface area contributed by atoms with Gasteiger partial charge in [-0.25, -0.2) is 4.99 Å². The molecular formula is C18H21NO. The van der Waals surface area contributed by atoms with Crippen LogP contribution in [0.25, 0.3) is 0 Å². The average Bonchev–Trinajstić information content (AvgIpc) is 2.40. The molecule has 0 atom stereocenters. The molecule has 2 rings (SSSR count). The van der Waals surface area contributed by atoms with Gasteiger partial charge in [0.15, 0.2) is 0 Å². The zero-order valence-corrected chi connectivity index (χ0v) is 12.6. The number of para-hydroxylation sites is 1. The van der Waals surface area contributed by atoms with E-state index in [2.05, 4.69) is 44.8 Å². The van der Waals surface area contributed by atoms with Crippen molar-refractivity contribution >= 4 is 11.6 Å². The van der Waals surface area contributed by atoms with Crippen LogP contribution in [0.15, 0.2) is 59.6 Å². The quantitative estimate of drug-likeness (QED) is 0.544. The third-order valence-electron chi connectivity index (χ3n) is 2.86. The largest absolute Gasteiger partial charge is 0.442 e. The lowest BCUT2D eigenvalue weighted by Crippen LogP contribution is -2.26. The zero-order chi connectivity index (χ0) is 14.6. The van der Waals surface area contributed by atoms with Crippen LogP contribution in [0.4, 0.5) is 5.69 Å². The Bertz CT molecular complexity index is 577. The molecule has 0 aliphatic rings. The highest BCUT2D eigenvalue weighted by Crippen LogP contribution is 2.24. The van der Waals surface area contributed by atoms with Crippen molar-refractivity contribution in [1.29, 1.82) is 0 Å². The van der Waals surface area contributed by atoms with E-state index >= 15 is 0 Å². The van der Waals surface area contributed by atoms with Gasteiger partial charge in [-0.2, -0.15) is 0 Å². The molecule has 0 aliphatic heterocycles. The highest BCUT2D eigenvalue weighted by atomic mass is 16.5. The summed E-state index contributed by atoms with van der Waals surface area (Å²) in [5.74, 6) is 1.53. The predicted octanol–water partition coefficient (Wildman–Crippen LogP) is 5.15. The van der Waals surface area contributed by atoms with Crippen molar-refractivity contribution in [2.24, 2.45) is 10.4 Å². The van der Waals surface area contributed by atoms with Crippen molar-refractivity contribution in [2.75, 3.05) is 0 Å². The van der Waals surface area contributed by atoms with Gasteiger partial charge in [-0.15, -0.1) is 0 Å². The molecule has 2 aromatic rings. The summed E-state index contributed by atoms with van der Waals surface area (Å²) < 4.78 is 5.96. The van der Waals surface area contributed by atoms with Gasteiger partial charge in [-0.1, -0.05) is 56.7 Å². The standard InChI is InChI=1S/C18H21NO/c1-14-10-12-15(13-11-14)19-17(18(2,3)4)20-16-8-6-5-7-9-16/h5-13H,1-4H3. The highest BCUT2D eigenvalue weighted by Gasteiger charge is 2.21. The van der Waals surface area contributed by atoms with E-state index in [-0.39, 0.29) is 5.41 Å². The molecule has 0 bridgehead atoms.